The summed E-state index contributed by atoms with van der Waals surface area (Å²) < 4.78 is 18.2. The van der Waals surface area contributed by atoms with Crippen molar-refractivity contribution in [3.63, 3.8) is 0 Å². The van der Waals surface area contributed by atoms with E-state index in [1.54, 1.807) is 6.07 Å². The smallest absolute Gasteiger partial charge is 0.145 e. The van der Waals surface area contributed by atoms with E-state index in [-0.39, 0.29) is 5.82 Å². The molecule has 0 bridgehead atoms. The van der Waals surface area contributed by atoms with Crippen molar-refractivity contribution in [1.29, 1.82) is 0 Å². The van der Waals surface area contributed by atoms with Crippen LogP contribution in [0, 0.1) is 12.7 Å². The Kier molecular flexibility index (Phi) is 3.37. The van der Waals surface area contributed by atoms with Crippen molar-refractivity contribution >= 4 is 17.1 Å². The monoisotopic (exact) mass is 246 g/mol. The fraction of sp³-hybridized carbons (Fsp3) is 0.143. The van der Waals surface area contributed by atoms with E-state index in [1.807, 2.05) is 25.1 Å². The van der Waals surface area contributed by atoms with Gasteiger partial charge in [-0.3, -0.25) is 0 Å². The maximum absolute atomic E-state index is 13.1. The number of ether oxygens (including phenoxy) is 1. The molecule has 2 aromatic rings. The number of aryl methyl sites for hydroxylation is 1. The van der Waals surface area contributed by atoms with Crippen LogP contribution in [0.25, 0.3) is 0 Å². The largest absolute Gasteiger partial charge is 0.494 e. The lowest BCUT2D eigenvalue weighted by Crippen LogP contribution is -1.97. The molecular weight excluding hydrogens is 231 g/mol. The molecule has 2 rings (SSSR count). The number of hydrogen-bond donors (Lipinski definition) is 2. The summed E-state index contributed by atoms with van der Waals surface area (Å²) in [5.41, 5.74) is 9.05. The summed E-state index contributed by atoms with van der Waals surface area (Å²) in [5, 5.41) is 3.16. The number of halogens is 1. The zero-order valence-corrected chi connectivity index (χ0v) is 10.3. The second-order valence-electron chi connectivity index (χ2n) is 4.10. The summed E-state index contributed by atoms with van der Waals surface area (Å²) >= 11 is 0. The molecule has 0 fully saturated rings. The van der Waals surface area contributed by atoms with E-state index < -0.39 is 0 Å². The van der Waals surface area contributed by atoms with Gasteiger partial charge >= 0.3 is 0 Å². The quantitative estimate of drug-likeness (QED) is 0.815. The molecule has 0 radical (unpaired) electrons. The second kappa shape index (κ2) is 4.96. The molecule has 0 aliphatic rings. The summed E-state index contributed by atoms with van der Waals surface area (Å²) in [5.74, 6) is 0.122. The highest BCUT2D eigenvalue weighted by molar-refractivity contribution is 5.69. The van der Waals surface area contributed by atoms with Gasteiger partial charge in [-0.05, 0) is 42.8 Å². The highest BCUT2D eigenvalue weighted by Gasteiger charge is 2.05. The van der Waals surface area contributed by atoms with E-state index >= 15 is 0 Å². The van der Waals surface area contributed by atoms with E-state index in [9.17, 15) is 4.39 Å². The normalized spacial score (nSPS) is 10.2. The molecule has 0 saturated carbocycles. The van der Waals surface area contributed by atoms with Crippen molar-refractivity contribution in [3.05, 3.63) is 47.8 Å². The van der Waals surface area contributed by atoms with Crippen LogP contribution in [0.4, 0.5) is 21.5 Å². The van der Waals surface area contributed by atoms with Crippen LogP contribution in [0.15, 0.2) is 36.4 Å². The Hall–Kier alpha value is -2.23. The number of anilines is 3. The number of methoxy groups -OCH3 is 1. The van der Waals surface area contributed by atoms with E-state index in [1.165, 1.54) is 19.2 Å². The summed E-state index contributed by atoms with van der Waals surface area (Å²) in [7, 11) is 1.50. The zero-order chi connectivity index (χ0) is 13.1. The molecule has 3 nitrogen and oxygen atoms in total. The molecule has 2 aromatic carbocycles. The molecule has 0 spiro atoms. The van der Waals surface area contributed by atoms with Gasteiger partial charge < -0.3 is 15.8 Å². The molecule has 4 heteroatoms. The Balaban J connectivity index is 2.33. The van der Waals surface area contributed by atoms with Crippen molar-refractivity contribution in [3.8, 4) is 5.75 Å². The molecule has 0 aliphatic carbocycles. The van der Waals surface area contributed by atoms with E-state index in [0.717, 1.165) is 11.3 Å². The Bertz CT molecular complexity index is 549. The lowest BCUT2D eigenvalue weighted by atomic mass is 10.2. The van der Waals surface area contributed by atoms with Gasteiger partial charge in [-0.25, -0.2) is 4.39 Å². The van der Waals surface area contributed by atoms with Crippen LogP contribution in [0.2, 0.25) is 0 Å². The number of benzene rings is 2. The van der Waals surface area contributed by atoms with Crippen LogP contribution in [0.3, 0.4) is 0 Å². The van der Waals surface area contributed by atoms with Gasteiger partial charge in [-0.1, -0.05) is 0 Å². The van der Waals surface area contributed by atoms with Crippen molar-refractivity contribution in [2.24, 2.45) is 0 Å². The van der Waals surface area contributed by atoms with Gasteiger partial charge in [0.25, 0.3) is 0 Å². The minimum absolute atomic E-state index is 0.332. The number of nitrogens with one attached hydrogen (secondary N) is 1. The topological polar surface area (TPSA) is 47.3 Å². The second-order valence-corrected chi connectivity index (χ2v) is 4.10. The molecule has 0 aromatic heterocycles. The highest BCUT2D eigenvalue weighted by Crippen LogP contribution is 2.29. The van der Waals surface area contributed by atoms with Crippen molar-refractivity contribution < 1.29 is 9.13 Å². The molecule has 18 heavy (non-hydrogen) atoms. The third-order valence-electron chi connectivity index (χ3n) is 2.54. The predicted octanol–water partition coefficient (Wildman–Crippen LogP) is 3.47. The van der Waals surface area contributed by atoms with Gasteiger partial charge in [0.1, 0.15) is 11.6 Å². The molecular formula is C14H15FN2O. The standard InChI is InChI=1S/C14H15FN2O/c1-9-5-11(16)8-12(6-9)17-13-4-3-10(15)7-14(13)18-2/h3-8,17H,16H2,1-2H3. The lowest BCUT2D eigenvalue weighted by Gasteiger charge is -2.12. The molecule has 94 valence electrons. The van der Waals surface area contributed by atoms with E-state index in [2.05, 4.69) is 5.32 Å². The summed E-state index contributed by atoms with van der Waals surface area (Å²) in [6, 6.07) is 10.0. The molecule has 3 N–H and O–H groups in total. The lowest BCUT2D eigenvalue weighted by molar-refractivity contribution is 0.413. The molecule has 0 heterocycles. The summed E-state index contributed by atoms with van der Waals surface area (Å²) in [6.45, 7) is 1.96. The SMILES string of the molecule is COc1cc(F)ccc1Nc1cc(C)cc(N)c1. The van der Waals surface area contributed by atoms with Gasteiger partial charge in [-0.15, -0.1) is 0 Å². The van der Waals surface area contributed by atoms with Crippen LogP contribution in [-0.2, 0) is 0 Å². The van der Waals surface area contributed by atoms with Gasteiger partial charge in [-0.2, -0.15) is 0 Å². The fourth-order valence-corrected chi connectivity index (χ4v) is 1.81. The van der Waals surface area contributed by atoms with Gasteiger partial charge in [0, 0.05) is 17.4 Å². The Labute approximate surface area is 105 Å². The van der Waals surface area contributed by atoms with Gasteiger partial charge in [0.2, 0.25) is 0 Å². The van der Waals surface area contributed by atoms with Gasteiger partial charge in [0.15, 0.2) is 0 Å². The molecule has 0 atom stereocenters. The number of nitrogen functional groups attached to an aromatic ring is 1. The minimum atomic E-state index is -0.332. The first-order chi connectivity index (χ1) is 8.58. The highest BCUT2D eigenvalue weighted by atomic mass is 19.1. The molecule has 0 unspecified atom stereocenters. The van der Waals surface area contributed by atoms with Gasteiger partial charge in [0.05, 0.1) is 12.8 Å². The zero-order valence-electron chi connectivity index (χ0n) is 10.3. The maximum atomic E-state index is 13.1. The third-order valence-corrected chi connectivity index (χ3v) is 2.54. The van der Waals surface area contributed by atoms with Crippen LogP contribution in [0.1, 0.15) is 5.56 Å². The molecule has 0 saturated heterocycles. The fourth-order valence-electron chi connectivity index (χ4n) is 1.81. The first-order valence-electron chi connectivity index (χ1n) is 5.56. The number of rotatable bonds is 3. The molecule has 0 aliphatic heterocycles. The van der Waals surface area contributed by atoms with Crippen LogP contribution >= 0.6 is 0 Å². The van der Waals surface area contributed by atoms with E-state index in [0.29, 0.717) is 17.1 Å². The van der Waals surface area contributed by atoms with Crippen molar-refractivity contribution in [2.45, 2.75) is 6.92 Å². The summed E-state index contributed by atoms with van der Waals surface area (Å²) in [6.07, 6.45) is 0. The Morgan fingerprint density at radius 2 is 1.94 bits per heavy atom. The third kappa shape index (κ3) is 2.71. The Morgan fingerprint density at radius 3 is 2.61 bits per heavy atom. The summed E-state index contributed by atoms with van der Waals surface area (Å²) in [4.78, 5) is 0. The predicted molar refractivity (Wildman–Crippen MR) is 71.8 cm³/mol. The average Bonchev–Trinajstić information content (AvgIpc) is 2.30. The minimum Gasteiger partial charge on any atom is -0.494 e. The Morgan fingerprint density at radius 1 is 1.17 bits per heavy atom. The maximum Gasteiger partial charge on any atom is 0.145 e. The van der Waals surface area contributed by atoms with Crippen molar-refractivity contribution in [1.82, 2.24) is 0 Å². The number of hydrogen-bond acceptors (Lipinski definition) is 3. The number of nitrogens with two attached hydrogens (primary N) is 1. The van der Waals surface area contributed by atoms with Crippen LogP contribution in [-0.4, -0.2) is 7.11 Å². The average molecular weight is 246 g/mol. The molecule has 0 amide bonds. The van der Waals surface area contributed by atoms with Crippen LogP contribution in [0.5, 0.6) is 5.75 Å². The first-order valence-corrected chi connectivity index (χ1v) is 5.56. The van der Waals surface area contributed by atoms with Crippen LogP contribution < -0.4 is 15.8 Å². The first kappa shape index (κ1) is 12.2. The van der Waals surface area contributed by atoms with Crippen molar-refractivity contribution in [2.75, 3.05) is 18.2 Å². The van der Waals surface area contributed by atoms with E-state index in [4.69, 9.17) is 10.5 Å².